The summed E-state index contributed by atoms with van der Waals surface area (Å²) in [4.78, 5) is 0. The third-order valence-electron chi connectivity index (χ3n) is 2.06. The zero-order chi connectivity index (χ0) is 9.26. The van der Waals surface area contributed by atoms with E-state index in [0.717, 1.165) is 17.8 Å². The van der Waals surface area contributed by atoms with E-state index in [1.54, 1.807) is 0 Å². The molecule has 13 heavy (non-hydrogen) atoms. The quantitative estimate of drug-likeness (QED) is 0.667. The zero-order valence-corrected chi connectivity index (χ0v) is 8.27. The molecule has 0 aliphatic rings. The molecule has 2 aromatic rings. The Balaban J connectivity index is 2.49. The first-order valence-electron chi connectivity index (χ1n) is 4.34. The minimum Gasteiger partial charge on any atom is -0.461 e. The fourth-order valence-electron chi connectivity index (χ4n) is 1.43. The Labute approximate surface area is 82.3 Å². The third kappa shape index (κ3) is 1.70. The van der Waals surface area contributed by atoms with Gasteiger partial charge in [-0.3, -0.25) is 0 Å². The standard InChI is InChI=1S/C11H11ClO/c1-8-2-3-11-9(6-8)7-10(13-11)4-5-12/h2-3,6-7H,4-5H2,1H3. The van der Waals surface area contributed by atoms with Gasteiger partial charge in [0.15, 0.2) is 0 Å². The zero-order valence-electron chi connectivity index (χ0n) is 7.51. The summed E-state index contributed by atoms with van der Waals surface area (Å²) >= 11 is 5.63. The van der Waals surface area contributed by atoms with Crippen LogP contribution in [0, 0.1) is 6.92 Å². The maximum absolute atomic E-state index is 5.63. The van der Waals surface area contributed by atoms with E-state index in [-0.39, 0.29) is 0 Å². The van der Waals surface area contributed by atoms with Gasteiger partial charge in [0.25, 0.3) is 0 Å². The fourth-order valence-corrected chi connectivity index (χ4v) is 1.62. The number of alkyl halides is 1. The minimum absolute atomic E-state index is 0.610. The lowest BCUT2D eigenvalue weighted by Crippen LogP contribution is -1.79. The molecule has 0 radical (unpaired) electrons. The van der Waals surface area contributed by atoms with E-state index in [1.807, 2.05) is 6.07 Å². The molecule has 0 atom stereocenters. The summed E-state index contributed by atoms with van der Waals surface area (Å²) in [5, 5.41) is 1.17. The minimum atomic E-state index is 0.610. The Morgan fingerprint density at radius 2 is 2.15 bits per heavy atom. The van der Waals surface area contributed by atoms with E-state index < -0.39 is 0 Å². The molecular formula is C11H11ClO. The van der Waals surface area contributed by atoms with Gasteiger partial charge < -0.3 is 4.42 Å². The second-order valence-corrected chi connectivity index (χ2v) is 3.57. The summed E-state index contributed by atoms with van der Waals surface area (Å²) in [5.74, 6) is 1.58. The topological polar surface area (TPSA) is 13.1 Å². The number of rotatable bonds is 2. The first-order chi connectivity index (χ1) is 6.29. The second-order valence-electron chi connectivity index (χ2n) is 3.19. The van der Waals surface area contributed by atoms with Crippen LogP contribution in [0.4, 0.5) is 0 Å². The predicted octanol–water partition coefficient (Wildman–Crippen LogP) is 3.52. The van der Waals surface area contributed by atoms with Crippen LogP contribution in [0.15, 0.2) is 28.7 Å². The number of benzene rings is 1. The normalized spacial score (nSPS) is 10.9. The molecule has 0 unspecified atom stereocenters. The Bertz CT molecular complexity index is 417. The van der Waals surface area contributed by atoms with Crippen molar-refractivity contribution < 1.29 is 4.42 Å². The van der Waals surface area contributed by atoms with Crippen molar-refractivity contribution >= 4 is 22.6 Å². The molecule has 0 saturated carbocycles. The lowest BCUT2D eigenvalue weighted by molar-refractivity contribution is 0.558. The average Bonchev–Trinajstić information content (AvgIpc) is 2.46. The van der Waals surface area contributed by atoms with Gasteiger partial charge in [0.05, 0.1) is 0 Å². The van der Waals surface area contributed by atoms with E-state index >= 15 is 0 Å². The third-order valence-corrected chi connectivity index (χ3v) is 2.25. The van der Waals surface area contributed by atoms with E-state index in [9.17, 15) is 0 Å². The van der Waals surface area contributed by atoms with Gasteiger partial charge >= 0.3 is 0 Å². The van der Waals surface area contributed by atoms with Gasteiger partial charge in [-0.1, -0.05) is 11.6 Å². The van der Waals surface area contributed by atoms with E-state index in [0.29, 0.717) is 5.88 Å². The maximum atomic E-state index is 5.63. The molecule has 0 fully saturated rings. The molecule has 0 aliphatic carbocycles. The van der Waals surface area contributed by atoms with Crippen molar-refractivity contribution in [1.82, 2.24) is 0 Å². The molecule has 68 valence electrons. The van der Waals surface area contributed by atoms with Crippen molar-refractivity contribution in [3.8, 4) is 0 Å². The van der Waals surface area contributed by atoms with Crippen LogP contribution in [0.1, 0.15) is 11.3 Å². The average molecular weight is 195 g/mol. The van der Waals surface area contributed by atoms with E-state index in [1.165, 1.54) is 10.9 Å². The Kier molecular flexibility index (Phi) is 2.28. The van der Waals surface area contributed by atoms with Gasteiger partial charge in [0, 0.05) is 17.7 Å². The number of fused-ring (bicyclic) bond motifs is 1. The van der Waals surface area contributed by atoms with Gasteiger partial charge in [-0.05, 0) is 25.1 Å². The SMILES string of the molecule is Cc1ccc2oc(CCCl)cc2c1. The summed E-state index contributed by atoms with van der Waals surface area (Å²) in [6.45, 7) is 2.08. The Morgan fingerprint density at radius 1 is 1.31 bits per heavy atom. The van der Waals surface area contributed by atoms with Crippen molar-refractivity contribution in [1.29, 1.82) is 0 Å². The molecule has 0 bridgehead atoms. The first-order valence-corrected chi connectivity index (χ1v) is 4.88. The maximum Gasteiger partial charge on any atom is 0.134 e. The molecule has 1 aromatic carbocycles. The van der Waals surface area contributed by atoms with Gasteiger partial charge in [-0.15, -0.1) is 11.6 Å². The summed E-state index contributed by atoms with van der Waals surface area (Å²) in [5.41, 5.74) is 2.21. The summed E-state index contributed by atoms with van der Waals surface area (Å²) in [6.07, 6.45) is 0.801. The molecule has 0 saturated heterocycles. The van der Waals surface area contributed by atoms with Crippen LogP contribution >= 0.6 is 11.6 Å². The lowest BCUT2D eigenvalue weighted by Gasteiger charge is -1.89. The van der Waals surface area contributed by atoms with Crippen molar-refractivity contribution in [3.05, 3.63) is 35.6 Å². The van der Waals surface area contributed by atoms with Crippen LogP contribution in [0.2, 0.25) is 0 Å². The van der Waals surface area contributed by atoms with Crippen molar-refractivity contribution in [3.63, 3.8) is 0 Å². The van der Waals surface area contributed by atoms with Crippen LogP contribution < -0.4 is 0 Å². The molecule has 0 aliphatic heterocycles. The highest BCUT2D eigenvalue weighted by Gasteiger charge is 2.02. The number of aryl methyl sites for hydroxylation is 2. The van der Waals surface area contributed by atoms with Crippen LogP contribution in [-0.4, -0.2) is 5.88 Å². The van der Waals surface area contributed by atoms with Crippen LogP contribution in [0.25, 0.3) is 11.0 Å². The fraction of sp³-hybridized carbons (Fsp3) is 0.273. The van der Waals surface area contributed by atoms with Crippen LogP contribution in [0.5, 0.6) is 0 Å². The highest BCUT2D eigenvalue weighted by atomic mass is 35.5. The van der Waals surface area contributed by atoms with Gasteiger partial charge in [-0.25, -0.2) is 0 Å². The van der Waals surface area contributed by atoms with Crippen LogP contribution in [0.3, 0.4) is 0 Å². The smallest absolute Gasteiger partial charge is 0.134 e. The summed E-state index contributed by atoms with van der Waals surface area (Å²) < 4.78 is 5.58. The molecule has 2 rings (SSSR count). The molecule has 1 heterocycles. The monoisotopic (exact) mass is 194 g/mol. The largest absolute Gasteiger partial charge is 0.461 e. The molecule has 1 nitrogen and oxygen atoms in total. The molecule has 0 spiro atoms. The molecule has 1 aromatic heterocycles. The Hall–Kier alpha value is -0.950. The number of hydrogen-bond acceptors (Lipinski definition) is 1. The van der Waals surface area contributed by atoms with Gasteiger partial charge in [-0.2, -0.15) is 0 Å². The van der Waals surface area contributed by atoms with Crippen molar-refractivity contribution in [2.45, 2.75) is 13.3 Å². The molecule has 0 amide bonds. The van der Waals surface area contributed by atoms with Gasteiger partial charge in [0.1, 0.15) is 11.3 Å². The lowest BCUT2D eigenvalue weighted by atomic mass is 10.2. The highest BCUT2D eigenvalue weighted by Crippen LogP contribution is 2.20. The first kappa shape index (κ1) is 8.64. The number of halogens is 1. The van der Waals surface area contributed by atoms with Gasteiger partial charge in [0.2, 0.25) is 0 Å². The Morgan fingerprint density at radius 3 is 2.92 bits per heavy atom. The molecule has 2 heteroatoms. The summed E-state index contributed by atoms with van der Waals surface area (Å²) in [7, 11) is 0. The number of furan rings is 1. The van der Waals surface area contributed by atoms with E-state index in [2.05, 4.69) is 25.1 Å². The number of hydrogen-bond donors (Lipinski definition) is 0. The van der Waals surface area contributed by atoms with E-state index in [4.69, 9.17) is 16.0 Å². The van der Waals surface area contributed by atoms with Crippen LogP contribution in [-0.2, 0) is 6.42 Å². The highest BCUT2D eigenvalue weighted by molar-refractivity contribution is 6.17. The van der Waals surface area contributed by atoms with Crippen molar-refractivity contribution in [2.75, 3.05) is 5.88 Å². The molecular weight excluding hydrogens is 184 g/mol. The summed E-state index contributed by atoms with van der Waals surface area (Å²) in [6, 6.07) is 8.24. The van der Waals surface area contributed by atoms with Crippen molar-refractivity contribution in [2.24, 2.45) is 0 Å². The predicted molar refractivity (Wildman–Crippen MR) is 55.4 cm³/mol. The molecule has 0 N–H and O–H groups in total. The second kappa shape index (κ2) is 3.43.